The molecule has 0 radical (unpaired) electrons. The van der Waals surface area contributed by atoms with Crippen molar-refractivity contribution in [3.63, 3.8) is 0 Å². The van der Waals surface area contributed by atoms with E-state index in [2.05, 4.69) is 13.0 Å². The Bertz CT molecular complexity index is 1130. The summed E-state index contributed by atoms with van der Waals surface area (Å²) in [4.78, 5) is 14.6. The molecule has 0 saturated heterocycles. The minimum absolute atomic E-state index is 0. The van der Waals surface area contributed by atoms with Crippen molar-refractivity contribution in [2.45, 2.75) is 26.4 Å². The summed E-state index contributed by atoms with van der Waals surface area (Å²) in [6.07, 6.45) is 1.28. The maximum atomic E-state index is 10.5. The molecule has 4 rings (SSSR count). The Hall–Kier alpha value is -1.68. The number of halogens is 1. The summed E-state index contributed by atoms with van der Waals surface area (Å²) in [6.45, 7) is 6.98. The van der Waals surface area contributed by atoms with Crippen molar-refractivity contribution in [1.29, 1.82) is 0 Å². The molecule has 0 bridgehead atoms. The molecule has 4 nitrogen and oxygen atoms in total. The molecule has 0 aliphatic carbocycles. The predicted molar refractivity (Wildman–Crippen MR) is 150 cm³/mol. The van der Waals surface area contributed by atoms with Gasteiger partial charge < -0.3 is 38.5 Å². The van der Waals surface area contributed by atoms with Gasteiger partial charge in [-0.1, -0.05) is 6.92 Å². The topological polar surface area (TPSA) is 55.8 Å². The van der Waals surface area contributed by atoms with Crippen molar-refractivity contribution in [1.82, 2.24) is 0 Å². The van der Waals surface area contributed by atoms with Gasteiger partial charge in [-0.2, -0.15) is 6.92 Å². The number of aliphatic hydroxyl groups excluding tert-OH is 1. The van der Waals surface area contributed by atoms with Gasteiger partial charge in [0.1, 0.15) is 11.5 Å². The zero-order valence-electron chi connectivity index (χ0n) is 21.1. The maximum absolute atomic E-state index is 10.5. The molecule has 0 aliphatic rings. The summed E-state index contributed by atoms with van der Waals surface area (Å²) in [6, 6.07) is 23.6. The van der Waals surface area contributed by atoms with Crippen LogP contribution < -0.4 is 26.5 Å². The minimum Gasteiger partial charge on any atom is -1.00 e. The summed E-state index contributed by atoms with van der Waals surface area (Å²) >= 11 is 3.13. The molecule has 2 aromatic carbocycles. The molecule has 0 saturated carbocycles. The summed E-state index contributed by atoms with van der Waals surface area (Å²) in [5, 5.41) is 9.76. The molecule has 1 unspecified atom stereocenters. The van der Waals surface area contributed by atoms with Crippen molar-refractivity contribution < 1.29 is 36.4 Å². The average molecular weight is 600 g/mol. The average Bonchev–Trinajstić information content (AvgIpc) is 3.60. The Morgan fingerprint density at radius 1 is 0.806 bits per heavy atom. The van der Waals surface area contributed by atoms with Crippen LogP contribution in [0.25, 0.3) is 20.9 Å². The van der Waals surface area contributed by atoms with Gasteiger partial charge in [0, 0.05) is 14.6 Å². The van der Waals surface area contributed by atoms with Gasteiger partial charge in [-0.15, -0.1) is 22.7 Å². The predicted octanol–water partition coefficient (Wildman–Crippen LogP) is 4.57. The molecule has 0 amide bonds. The molecule has 1 N–H and O–H groups in total. The smallest absolute Gasteiger partial charge is 1.00 e. The summed E-state index contributed by atoms with van der Waals surface area (Å²) in [5.74, 6) is 1.70. The van der Waals surface area contributed by atoms with Crippen molar-refractivity contribution in [2.24, 2.45) is 0 Å². The quantitative estimate of drug-likeness (QED) is 0.192. The SMILES string of the molecule is CCC(O)c1ccc(-c2ccc(OC)cc2)s1.COc1ccc(-c2ccc(C=O)s2)cc1.[Br-].[CH2-]C.[Mg+2]. The fourth-order valence-corrected chi connectivity index (χ4v) is 4.88. The number of carbonyl (C=O) groups excluding carboxylic acids is 1. The molecule has 2 aromatic heterocycles. The largest absolute Gasteiger partial charge is 2.00 e. The van der Waals surface area contributed by atoms with Crippen LogP contribution in [0.5, 0.6) is 11.5 Å². The number of ether oxygens (including phenoxy) is 2. The second-order valence-corrected chi connectivity index (χ2v) is 9.13. The van der Waals surface area contributed by atoms with Crippen LogP contribution in [-0.4, -0.2) is 48.7 Å². The van der Waals surface area contributed by atoms with E-state index in [9.17, 15) is 9.90 Å². The summed E-state index contributed by atoms with van der Waals surface area (Å²) in [7, 11) is 3.31. The van der Waals surface area contributed by atoms with E-state index in [1.54, 1.807) is 32.5 Å². The van der Waals surface area contributed by atoms with Crippen LogP contribution in [0.3, 0.4) is 0 Å². The number of carbonyl (C=O) groups is 1. The zero-order valence-corrected chi connectivity index (χ0v) is 25.7. The maximum Gasteiger partial charge on any atom is 2.00 e. The number of thiophene rings is 2. The molecule has 188 valence electrons. The van der Waals surface area contributed by atoms with E-state index in [0.717, 1.165) is 50.0 Å². The number of aldehydes is 1. The van der Waals surface area contributed by atoms with Gasteiger partial charge >= 0.3 is 23.1 Å². The Morgan fingerprint density at radius 2 is 1.25 bits per heavy atom. The molecule has 4 aromatic rings. The second-order valence-electron chi connectivity index (χ2n) is 6.90. The van der Waals surface area contributed by atoms with Gasteiger partial charge in [-0.3, -0.25) is 4.79 Å². The third kappa shape index (κ3) is 9.99. The summed E-state index contributed by atoms with van der Waals surface area (Å²) in [5.41, 5.74) is 2.26. The number of rotatable bonds is 7. The third-order valence-electron chi connectivity index (χ3n) is 4.83. The monoisotopic (exact) mass is 598 g/mol. The third-order valence-corrected chi connectivity index (χ3v) is 7.13. The number of hydrogen-bond acceptors (Lipinski definition) is 6. The van der Waals surface area contributed by atoms with Gasteiger partial charge in [-0.05, 0) is 90.3 Å². The van der Waals surface area contributed by atoms with Gasteiger partial charge in [0.25, 0.3) is 0 Å². The number of aliphatic hydroxyl groups is 1. The van der Waals surface area contributed by atoms with Gasteiger partial charge in [0.15, 0.2) is 6.29 Å². The molecule has 0 fully saturated rings. The second kappa shape index (κ2) is 18.5. The van der Waals surface area contributed by atoms with Crippen molar-refractivity contribution in [3.05, 3.63) is 89.5 Å². The van der Waals surface area contributed by atoms with Crippen molar-refractivity contribution >= 4 is 52.0 Å². The first-order chi connectivity index (χ1) is 16.6. The van der Waals surface area contributed by atoms with E-state index < -0.39 is 0 Å². The first-order valence-corrected chi connectivity index (χ1v) is 12.5. The van der Waals surface area contributed by atoms with E-state index in [0.29, 0.717) is 0 Å². The van der Waals surface area contributed by atoms with E-state index in [4.69, 9.17) is 9.47 Å². The molecule has 1 atom stereocenters. The molecule has 8 heteroatoms. The molecule has 0 spiro atoms. The number of benzene rings is 2. The standard InChI is InChI=1S/C14H16O2S.C12H10O2S.C2H5.BrH.Mg/c1-3-12(15)14-9-8-13(17-14)10-4-6-11(16-2)7-5-10;1-14-10-4-2-9(3-5-10)12-7-6-11(8-13)15-12;1-2;;/h4-9,12,15H,3H2,1-2H3;2-8H,1H3;1H2,2H3;1H;/q;;-1;;+2/p-1. The van der Waals surface area contributed by atoms with Crippen LogP contribution in [0.4, 0.5) is 0 Å². The van der Waals surface area contributed by atoms with Crippen LogP contribution in [-0.2, 0) is 0 Å². The molecule has 36 heavy (non-hydrogen) atoms. The zero-order chi connectivity index (χ0) is 24.9. The Morgan fingerprint density at radius 3 is 1.64 bits per heavy atom. The van der Waals surface area contributed by atoms with Crippen LogP contribution in [0.2, 0.25) is 0 Å². The van der Waals surface area contributed by atoms with E-state index in [1.165, 1.54) is 16.2 Å². The van der Waals surface area contributed by atoms with E-state index in [-0.39, 0.29) is 46.1 Å². The minimum atomic E-state index is -0.341. The van der Waals surface area contributed by atoms with Gasteiger partial charge in [0.05, 0.1) is 25.2 Å². The molecular weight excluding hydrogens is 569 g/mol. The van der Waals surface area contributed by atoms with E-state index in [1.807, 2.05) is 73.7 Å². The molecule has 2 heterocycles. The Balaban J connectivity index is 0.000000609. The Kier molecular flexibility index (Phi) is 17.7. The van der Waals surface area contributed by atoms with Crippen molar-refractivity contribution in [3.8, 4) is 32.4 Å². The van der Waals surface area contributed by atoms with Gasteiger partial charge in [-0.25, -0.2) is 0 Å². The van der Waals surface area contributed by atoms with Crippen LogP contribution in [0.15, 0.2) is 72.8 Å². The van der Waals surface area contributed by atoms with Crippen molar-refractivity contribution in [2.75, 3.05) is 14.2 Å². The number of methoxy groups -OCH3 is 2. The normalized spacial score (nSPS) is 10.2. The van der Waals surface area contributed by atoms with Crippen LogP contribution in [0.1, 0.15) is 40.9 Å². The fourth-order valence-electron chi connectivity index (χ4n) is 2.97. The van der Waals surface area contributed by atoms with Crippen LogP contribution >= 0.6 is 22.7 Å². The van der Waals surface area contributed by atoms with Gasteiger partial charge in [0.2, 0.25) is 0 Å². The molecule has 0 aliphatic heterocycles. The van der Waals surface area contributed by atoms with Crippen LogP contribution in [0, 0.1) is 6.92 Å². The Labute approximate surface area is 249 Å². The molecular formula is C28H31BrMgO4S2. The summed E-state index contributed by atoms with van der Waals surface area (Å²) < 4.78 is 10.2. The van der Waals surface area contributed by atoms with E-state index >= 15 is 0 Å². The first kappa shape index (κ1) is 34.3. The fraction of sp³-hybridized carbons (Fsp3) is 0.214. The first-order valence-electron chi connectivity index (χ1n) is 10.9. The number of hydrogen-bond donors (Lipinski definition) is 1.